The third-order valence-electron chi connectivity index (χ3n) is 4.79. The average molecular weight is 406 g/mol. The molecule has 4 heteroatoms. The molecule has 0 aromatic heterocycles. The van der Waals surface area contributed by atoms with Crippen LogP contribution < -0.4 is 5.32 Å². The van der Waals surface area contributed by atoms with Crippen LogP contribution in [0.3, 0.4) is 0 Å². The molecule has 2 rings (SSSR count). The Morgan fingerprint density at radius 2 is 2.16 bits per heavy atom. The topological polar surface area (TPSA) is 49.3 Å². The molecule has 0 heterocycles. The lowest BCUT2D eigenvalue weighted by Gasteiger charge is -2.26. The fraction of sp³-hybridized carbons (Fsp3) is 0.476. The first kappa shape index (κ1) is 19.9. The zero-order valence-corrected chi connectivity index (χ0v) is 16.5. The van der Waals surface area contributed by atoms with Crippen molar-refractivity contribution < 1.29 is 9.90 Å². The molecular weight excluding hydrogens is 378 g/mol. The van der Waals surface area contributed by atoms with E-state index in [1.54, 1.807) is 0 Å². The second-order valence-corrected chi connectivity index (χ2v) is 7.70. The normalized spacial score (nSPS) is 20.2. The molecule has 1 aromatic rings. The van der Waals surface area contributed by atoms with Crippen LogP contribution >= 0.6 is 15.9 Å². The lowest BCUT2D eigenvalue weighted by Crippen LogP contribution is -2.28. The van der Waals surface area contributed by atoms with Gasteiger partial charge in [0.1, 0.15) is 0 Å². The molecule has 1 aliphatic carbocycles. The molecule has 25 heavy (non-hydrogen) atoms. The molecule has 0 amide bonds. The molecule has 0 bridgehead atoms. The van der Waals surface area contributed by atoms with Gasteiger partial charge in [0.15, 0.2) is 0 Å². The fourth-order valence-electron chi connectivity index (χ4n) is 3.25. The maximum atomic E-state index is 10.5. The van der Waals surface area contributed by atoms with Gasteiger partial charge in [-0.2, -0.15) is 0 Å². The molecule has 2 N–H and O–H groups in total. The Morgan fingerprint density at radius 1 is 1.36 bits per heavy atom. The maximum Gasteiger partial charge on any atom is 0.303 e. The summed E-state index contributed by atoms with van der Waals surface area (Å²) in [5.41, 5.74) is 2.65. The van der Waals surface area contributed by atoms with Crippen molar-refractivity contribution in [3.8, 4) is 0 Å². The van der Waals surface area contributed by atoms with E-state index in [2.05, 4.69) is 70.7 Å². The number of rotatable bonds is 9. The summed E-state index contributed by atoms with van der Waals surface area (Å²) in [5, 5.41) is 12.3. The molecule has 0 radical (unpaired) electrons. The fourth-order valence-corrected chi connectivity index (χ4v) is 3.73. The van der Waals surface area contributed by atoms with E-state index < -0.39 is 5.97 Å². The summed E-state index contributed by atoms with van der Waals surface area (Å²) >= 11 is 3.51. The lowest BCUT2D eigenvalue weighted by molar-refractivity contribution is -0.137. The average Bonchev–Trinajstić information content (AvgIpc) is 2.57. The number of carbonyl (C=O) groups is 1. The molecule has 136 valence electrons. The van der Waals surface area contributed by atoms with Gasteiger partial charge in [-0.1, -0.05) is 46.3 Å². The molecule has 3 nitrogen and oxygen atoms in total. The van der Waals surface area contributed by atoms with Crippen molar-refractivity contribution in [1.82, 2.24) is 5.32 Å². The van der Waals surface area contributed by atoms with Crippen LogP contribution in [0.25, 0.3) is 0 Å². The number of carboxylic acids is 1. The minimum absolute atomic E-state index is 0.256. The molecule has 0 saturated heterocycles. The monoisotopic (exact) mass is 405 g/mol. The van der Waals surface area contributed by atoms with Crippen LogP contribution in [0.4, 0.5) is 0 Å². The minimum Gasteiger partial charge on any atom is -0.481 e. The Balaban J connectivity index is 1.79. The summed E-state index contributed by atoms with van der Waals surface area (Å²) in [7, 11) is 0. The number of carboxylic acid groups (broad SMARTS) is 1. The number of hydrogen-bond acceptors (Lipinski definition) is 2. The van der Waals surface area contributed by atoms with Gasteiger partial charge in [0, 0.05) is 17.4 Å². The van der Waals surface area contributed by atoms with Crippen LogP contribution in [-0.4, -0.2) is 17.6 Å². The zero-order valence-electron chi connectivity index (χ0n) is 14.9. The number of allylic oxidation sites excluding steroid dienone is 4. The second kappa shape index (κ2) is 10.6. The molecular formula is C21H28BrNO2. The largest absolute Gasteiger partial charge is 0.481 e. The molecule has 1 aliphatic rings. The van der Waals surface area contributed by atoms with E-state index in [4.69, 9.17) is 5.11 Å². The highest BCUT2D eigenvalue weighted by Gasteiger charge is 2.19. The second-order valence-electron chi connectivity index (χ2n) is 6.78. The molecule has 0 aliphatic heterocycles. The van der Waals surface area contributed by atoms with Crippen LogP contribution in [0.15, 0.2) is 47.0 Å². The first-order valence-electron chi connectivity index (χ1n) is 9.05. The first-order valence-corrected chi connectivity index (χ1v) is 9.84. The van der Waals surface area contributed by atoms with E-state index in [0.29, 0.717) is 11.8 Å². The van der Waals surface area contributed by atoms with Gasteiger partial charge in [-0.3, -0.25) is 4.79 Å². The van der Waals surface area contributed by atoms with Crippen molar-refractivity contribution >= 4 is 21.9 Å². The van der Waals surface area contributed by atoms with Crippen LogP contribution in [-0.2, 0) is 11.3 Å². The first-order chi connectivity index (χ1) is 12.1. The van der Waals surface area contributed by atoms with E-state index in [9.17, 15) is 4.79 Å². The van der Waals surface area contributed by atoms with Crippen molar-refractivity contribution in [3.05, 3.63) is 58.1 Å². The summed E-state index contributed by atoms with van der Waals surface area (Å²) in [4.78, 5) is 10.5. The van der Waals surface area contributed by atoms with E-state index >= 15 is 0 Å². The lowest BCUT2D eigenvalue weighted by atomic mass is 9.82. The minimum atomic E-state index is -0.709. The van der Waals surface area contributed by atoms with Crippen LogP contribution in [0.2, 0.25) is 0 Å². The van der Waals surface area contributed by atoms with Gasteiger partial charge in [0.05, 0.1) is 0 Å². The van der Waals surface area contributed by atoms with Gasteiger partial charge >= 0.3 is 5.97 Å². The number of halogens is 1. The van der Waals surface area contributed by atoms with Crippen molar-refractivity contribution in [2.45, 2.75) is 45.6 Å². The predicted molar refractivity (Wildman–Crippen MR) is 107 cm³/mol. The maximum absolute atomic E-state index is 10.5. The summed E-state index contributed by atoms with van der Waals surface area (Å²) in [6, 6.07) is 6.42. The number of aryl methyl sites for hydroxylation is 1. The van der Waals surface area contributed by atoms with Gasteiger partial charge in [-0.25, -0.2) is 0 Å². The van der Waals surface area contributed by atoms with Gasteiger partial charge in [-0.05, 0) is 74.2 Å². The van der Waals surface area contributed by atoms with Crippen LogP contribution in [0.5, 0.6) is 0 Å². The summed E-state index contributed by atoms with van der Waals surface area (Å²) in [5.74, 6) is 0.448. The van der Waals surface area contributed by atoms with Gasteiger partial charge in [0.25, 0.3) is 0 Å². The Kier molecular flexibility index (Phi) is 8.42. The van der Waals surface area contributed by atoms with Crippen molar-refractivity contribution in [3.63, 3.8) is 0 Å². The Labute approximate surface area is 159 Å². The van der Waals surface area contributed by atoms with Crippen molar-refractivity contribution in [1.29, 1.82) is 0 Å². The summed E-state index contributed by atoms with van der Waals surface area (Å²) in [6.45, 7) is 4.05. The Hall–Kier alpha value is -1.39. The van der Waals surface area contributed by atoms with E-state index in [1.165, 1.54) is 11.1 Å². The SMILES string of the molecule is Cc1cc(Br)ccc1CNC[C@H]1CC=CC[C@@H]1/C=C\CCCC(=O)O. The zero-order chi connectivity index (χ0) is 18.1. The van der Waals surface area contributed by atoms with Crippen molar-refractivity contribution in [2.24, 2.45) is 11.8 Å². The van der Waals surface area contributed by atoms with Gasteiger partial charge < -0.3 is 10.4 Å². The highest BCUT2D eigenvalue weighted by atomic mass is 79.9. The number of unbranched alkanes of at least 4 members (excludes halogenated alkanes) is 1. The highest BCUT2D eigenvalue weighted by molar-refractivity contribution is 9.10. The molecule has 2 atom stereocenters. The van der Waals surface area contributed by atoms with E-state index in [1.807, 2.05) is 0 Å². The Bertz CT molecular complexity index is 624. The van der Waals surface area contributed by atoms with Gasteiger partial charge in [-0.15, -0.1) is 0 Å². The summed E-state index contributed by atoms with van der Waals surface area (Å²) < 4.78 is 1.12. The van der Waals surface area contributed by atoms with Gasteiger partial charge in [0.2, 0.25) is 0 Å². The van der Waals surface area contributed by atoms with E-state index in [-0.39, 0.29) is 6.42 Å². The molecule has 0 unspecified atom stereocenters. The number of aliphatic carboxylic acids is 1. The standard InChI is InChI=1S/C21H28BrNO2/c1-16-13-20(22)12-11-18(16)14-23-15-19-9-6-5-8-17(19)7-3-2-4-10-21(24)25/h3,5-7,11-13,17,19,23H,2,4,8-10,14-15H2,1H3,(H,24,25)/b7-3-/t17-,19+/m0/s1. The van der Waals surface area contributed by atoms with Crippen molar-refractivity contribution in [2.75, 3.05) is 6.54 Å². The molecule has 0 spiro atoms. The molecule has 1 aromatic carbocycles. The smallest absolute Gasteiger partial charge is 0.303 e. The third-order valence-corrected chi connectivity index (χ3v) is 5.28. The van der Waals surface area contributed by atoms with Crippen LogP contribution in [0.1, 0.15) is 43.2 Å². The summed E-state index contributed by atoms with van der Waals surface area (Å²) in [6.07, 6.45) is 13.0. The number of nitrogens with one attached hydrogen (secondary N) is 1. The van der Waals surface area contributed by atoms with Crippen LogP contribution in [0, 0.1) is 18.8 Å². The highest BCUT2D eigenvalue weighted by Crippen LogP contribution is 2.26. The number of hydrogen-bond donors (Lipinski definition) is 2. The quantitative estimate of drug-likeness (QED) is 0.436. The third kappa shape index (κ3) is 7.17. The molecule has 0 fully saturated rings. The predicted octanol–water partition coefficient (Wildman–Crippen LogP) is 5.24. The molecule has 0 saturated carbocycles. The Morgan fingerprint density at radius 3 is 2.92 bits per heavy atom. The number of benzene rings is 1. The van der Waals surface area contributed by atoms with E-state index in [0.717, 1.165) is 43.2 Å².